The highest BCUT2D eigenvalue weighted by Gasteiger charge is 2.27. The van der Waals surface area contributed by atoms with Crippen LogP contribution in [0.2, 0.25) is 0 Å². The van der Waals surface area contributed by atoms with E-state index in [4.69, 9.17) is 9.97 Å². The van der Waals surface area contributed by atoms with Gasteiger partial charge in [-0.15, -0.1) is 0 Å². The van der Waals surface area contributed by atoms with E-state index in [0.717, 1.165) is 45.2 Å². The molecule has 1 atom stereocenters. The number of nitrogens with one attached hydrogen (secondary N) is 1. The molecule has 6 rings (SSSR count). The van der Waals surface area contributed by atoms with Crippen molar-refractivity contribution >= 4 is 23.3 Å². The predicted octanol–water partition coefficient (Wildman–Crippen LogP) is 3.04. The van der Waals surface area contributed by atoms with Crippen LogP contribution in [0, 0.1) is 5.82 Å². The first-order valence-corrected chi connectivity index (χ1v) is 9.62. The van der Waals surface area contributed by atoms with Gasteiger partial charge >= 0.3 is 0 Å². The Morgan fingerprint density at radius 1 is 1.04 bits per heavy atom. The summed E-state index contributed by atoms with van der Waals surface area (Å²) in [7, 11) is 0. The van der Waals surface area contributed by atoms with Crippen LogP contribution in [-0.2, 0) is 0 Å². The molecule has 0 spiro atoms. The molecule has 0 radical (unpaired) electrons. The van der Waals surface area contributed by atoms with Crippen molar-refractivity contribution in [2.24, 2.45) is 0 Å². The normalized spacial score (nSPS) is 18.5. The lowest BCUT2D eigenvalue weighted by Gasteiger charge is -2.18. The molecule has 5 nitrogen and oxygen atoms in total. The zero-order valence-corrected chi connectivity index (χ0v) is 15.1. The lowest BCUT2D eigenvalue weighted by atomic mass is 10.1. The van der Waals surface area contributed by atoms with Gasteiger partial charge in [0.2, 0.25) is 0 Å². The van der Waals surface area contributed by atoms with Crippen LogP contribution in [0.25, 0.3) is 34.7 Å². The Morgan fingerprint density at radius 3 is 2.71 bits per heavy atom. The Balaban J connectivity index is 1.60. The van der Waals surface area contributed by atoms with Gasteiger partial charge in [-0.2, -0.15) is 5.10 Å². The first-order valence-electron chi connectivity index (χ1n) is 9.62. The first-order chi connectivity index (χ1) is 13.8. The largest absolute Gasteiger partial charge is 0.301 e. The number of halogens is 1. The summed E-state index contributed by atoms with van der Waals surface area (Å²) in [4.78, 5) is 9.86. The lowest BCUT2D eigenvalue weighted by Crippen LogP contribution is -2.28. The maximum Gasteiger partial charge on any atom is 0.161 e. The van der Waals surface area contributed by atoms with Crippen LogP contribution < -0.4 is 10.6 Å². The van der Waals surface area contributed by atoms with Gasteiger partial charge in [0.15, 0.2) is 5.65 Å². The highest BCUT2D eigenvalue weighted by atomic mass is 19.1. The number of aromatic amines is 1. The zero-order valence-electron chi connectivity index (χ0n) is 15.1. The quantitative estimate of drug-likeness (QED) is 0.602. The third-order valence-corrected chi connectivity index (χ3v) is 5.62. The standard InChI is InChI=1S/C22H18FN5/c23-16-5-3-14(4-6-16)21-26-20-10-9-18(13-1-2-13)25-22(20)28(21)17-7-8-19-15(11-17)12-24-27-19/h3-6,8-13,17,27H,1-2,7H2. The topological polar surface area (TPSA) is 59.4 Å². The van der Waals surface area contributed by atoms with Gasteiger partial charge in [-0.05, 0) is 55.7 Å². The number of hydrogen-bond acceptors (Lipinski definition) is 3. The Kier molecular flexibility index (Phi) is 3.29. The van der Waals surface area contributed by atoms with Gasteiger partial charge in [-0.25, -0.2) is 14.4 Å². The van der Waals surface area contributed by atoms with Crippen molar-refractivity contribution in [1.82, 2.24) is 24.7 Å². The molecule has 3 heterocycles. The molecule has 2 aliphatic rings. The molecule has 3 aromatic heterocycles. The van der Waals surface area contributed by atoms with E-state index in [9.17, 15) is 4.39 Å². The molecule has 0 amide bonds. The predicted molar refractivity (Wildman–Crippen MR) is 105 cm³/mol. The second kappa shape index (κ2) is 5.86. The van der Waals surface area contributed by atoms with Gasteiger partial charge in [0.25, 0.3) is 0 Å². The van der Waals surface area contributed by atoms with Gasteiger partial charge in [0.05, 0.1) is 17.6 Å². The van der Waals surface area contributed by atoms with Crippen LogP contribution in [0.5, 0.6) is 0 Å². The Labute approximate surface area is 160 Å². The summed E-state index contributed by atoms with van der Waals surface area (Å²) >= 11 is 0. The highest BCUT2D eigenvalue weighted by Crippen LogP contribution is 2.40. The minimum Gasteiger partial charge on any atom is -0.301 e. The van der Waals surface area contributed by atoms with Crippen LogP contribution in [0.3, 0.4) is 0 Å². The molecule has 1 aromatic carbocycles. The fourth-order valence-electron chi connectivity index (χ4n) is 4.01. The number of rotatable bonds is 3. The van der Waals surface area contributed by atoms with Crippen molar-refractivity contribution < 1.29 is 4.39 Å². The molecule has 138 valence electrons. The van der Waals surface area contributed by atoms with Crippen LogP contribution in [0.1, 0.15) is 36.9 Å². The maximum absolute atomic E-state index is 13.5. The van der Waals surface area contributed by atoms with Crippen LogP contribution in [-0.4, -0.2) is 24.7 Å². The summed E-state index contributed by atoms with van der Waals surface area (Å²) < 4.78 is 15.7. The SMILES string of the molecule is Fc1ccc(-c2nc3ccc(C4CC4)nc3n2C2C=c3cn[nH]c3=CC2)cc1. The number of nitrogens with zero attached hydrogens (tertiary/aromatic N) is 4. The van der Waals surface area contributed by atoms with E-state index in [1.165, 1.54) is 25.0 Å². The summed E-state index contributed by atoms with van der Waals surface area (Å²) in [5.41, 5.74) is 3.79. The summed E-state index contributed by atoms with van der Waals surface area (Å²) in [6.45, 7) is 0. The van der Waals surface area contributed by atoms with Crippen molar-refractivity contribution in [3.63, 3.8) is 0 Å². The maximum atomic E-state index is 13.5. The van der Waals surface area contributed by atoms with Gasteiger partial charge in [-0.3, -0.25) is 5.10 Å². The number of H-pyrrole nitrogens is 1. The third-order valence-electron chi connectivity index (χ3n) is 5.62. The van der Waals surface area contributed by atoms with E-state index in [0.29, 0.717) is 5.92 Å². The summed E-state index contributed by atoms with van der Waals surface area (Å²) in [6, 6.07) is 10.8. The second-order valence-electron chi connectivity index (χ2n) is 7.58. The van der Waals surface area contributed by atoms with Crippen molar-refractivity contribution in [2.45, 2.75) is 31.2 Å². The number of pyridine rings is 1. The summed E-state index contributed by atoms with van der Waals surface area (Å²) in [5.74, 6) is 1.14. The van der Waals surface area contributed by atoms with Crippen molar-refractivity contribution in [3.05, 3.63) is 64.7 Å². The lowest BCUT2D eigenvalue weighted by molar-refractivity contribution is 0.627. The molecule has 0 saturated heterocycles. The number of imidazole rings is 1. The fraction of sp³-hybridized carbons (Fsp3) is 0.227. The summed E-state index contributed by atoms with van der Waals surface area (Å²) in [5, 5.41) is 9.31. The van der Waals surface area contributed by atoms with E-state index < -0.39 is 0 Å². The van der Waals surface area contributed by atoms with Gasteiger partial charge in [0, 0.05) is 22.4 Å². The first kappa shape index (κ1) is 15.7. The third kappa shape index (κ3) is 2.48. The van der Waals surface area contributed by atoms with Crippen molar-refractivity contribution in [1.29, 1.82) is 0 Å². The molecule has 1 fully saturated rings. The van der Waals surface area contributed by atoms with E-state index in [-0.39, 0.29) is 11.9 Å². The number of hydrogen-bond donors (Lipinski definition) is 1. The molecule has 1 N–H and O–H groups in total. The monoisotopic (exact) mass is 371 g/mol. The number of benzene rings is 1. The molecule has 28 heavy (non-hydrogen) atoms. The Hall–Kier alpha value is -3.28. The zero-order chi connectivity index (χ0) is 18.7. The molecular weight excluding hydrogens is 353 g/mol. The fourth-order valence-corrected chi connectivity index (χ4v) is 4.01. The smallest absolute Gasteiger partial charge is 0.161 e. The van der Waals surface area contributed by atoms with Crippen molar-refractivity contribution in [2.75, 3.05) is 0 Å². The second-order valence-corrected chi connectivity index (χ2v) is 7.58. The molecule has 6 heteroatoms. The van der Waals surface area contributed by atoms with Crippen LogP contribution >= 0.6 is 0 Å². The molecule has 0 aliphatic heterocycles. The molecule has 4 aromatic rings. The molecule has 0 bridgehead atoms. The minimum atomic E-state index is -0.249. The Morgan fingerprint density at radius 2 is 1.89 bits per heavy atom. The van der Waals surface area contributed by atoms with Gasteiger partial charge in [0.1, 0.15) is 17.2 Å². The number of fused-ring (bicyclic) bond motifs is 2. The van der Waals surface area contributed by atoms with Crippen LogP contribution in [0.15, 0.2) is 42.6 Å². The Bertz CT molecular complexity index is 1310. The molecule has 1 unspecified atom stereocenters. The van der Waals surface area contributed by atoms with Gasteiger partial charge < -0.3 is 4.57 Å². The minimum absolute atomic E-state index is 0.0807. The molecule has 2 aliphatic carbocycles. The van der Waals surface area contributed by atoms with E-state index in [1.54, 1.807) is 12.1 Å². The molecule has 1 saturated carbocycles. The highest BCUT2D eigenvalue weighted by molar-refractivity contribution is 5.78. The molecular formula is C22H18FN5. The van der Waals surface area contributed by atoms with E-state index in [1.807, 2.05) is 6.20 Å². The average molecular weight is 371 g/mol. The van der Waals surface area contributed by atoms with E-state index in [2.05, 4.69) is 39.0 Å². The van der Waals surface area contributed by atoms with Gasteiger partial charge in [-0.1, -0.05) is 12.2 Å². The summed E-state index contributed by atoms with van der Waals surface area (Å²) in [6.07, 6.45) is 9.46. The van der Waals surface area contributed by atoms with Crippen LogP contribution in [0.4, 0.5) is 4.39 Å². The van der Waals surface area contributed by atoms with Crippen molar-refractivity contribution in [3.8, 4) is 11.4 Å². The average Bonchev–Trinajstić information content (AvgIpc) is 3.34. The number of aromatic nitrogens is 5. The van der Waals surface area contributed by atoms with E-state index >= 15 is 0 Å².